The molecular weight excluding hydrogens is 212 g/mol. The van der Waals surface area contributed by atoms with E-state index < -0.39 is 0 Å². The Morgan fingerprint density at radius 1 is 1.36 bits per heavy atom. The van der Waals surface area contributed by atoms with Gasteiger partial charge in [0.25, 0.3) is 0 Å². The van der Waals surface area contributed by atoms with Gasteiger partial charge in [-0.3, -0.25) is 4.40 Å². The summed E-state index contributed by atoms with van der Waals surface area (Å²) in [6, 6.07) is 4.16. The average Bonchev–Trinajstić information content (AvgIpc) is 2.74. The molecule has 70 valence electrons. The minimum Gasteiger partial charge on any atom is -0.297 e. The maximum absolute atomic E-state index is 4.57. The fourth-order valence-electron chi connectivity index (χ4n) is 1.45. The van der Waals surface area contributed by atoms with Gasteiger partial charge in [0.2, 0.25) is 0 Å². The SMILES string of the molecule is Cc1cn2cc(-c3cccs3)nc2s1. The molecule has 0 fully saturated rings. The summed E-state index contributed by atoms with van der Waals surface area (Å²) in [5.41, 5.74) is 1.08. The van der Waals surface area contributed by atoms with Gasteiger partial charge in [0.15, 0.2) is 4.96 Å². The summed E-state index contributed by atoms with van der Waals surface area (Å²) in [6.07, 6.45) is 4.20. The summed E-state index contributed by atoms with van der Waals surface area (Å²) in [5, 5.41) is 2.08. The van der Waals surface area contributed by atoms with Gasteiger partial charge in [-0.15, -0.1) is 22.7 Å². The van der Waals surface area contributed by atoms with Crippen molar-refractivity contribution in [2.45, 2.75) is 6.92 Å². The molecule has 0 atom stereocenters. The van der Waals surface area contributed by atoms with Gasteiger partial charge in [-0.25, -0.2) is 4.98 Å². The van der Waals surface area contributed by atoms with E-state index in [2.05, 4.69) is 46.2 Å². The third-order valence-electron chi connectivity index (χ3n) is 2.05. The maximum atomic E-state index is 4.57. The second-order valence-corrected chi connectivity index (χ2v) is 5.30. The fourth-order valence-corrected chi connectivity index (χ4v) is 2.94. The molecule has 0 N–H and O–H groups in total. The lowest BCUT2D eigenvalue weighted by molar-refractivity contribution is 1.22. The molecule has 0 unspecified atom stereocenters. The number of imidazole rings is 1. The Kier molecular flexibility index (Phi) is 1.72. The Labute approximate surface area is 89.5 Å². The first-order valence-electron chi connectivity index (χ1n) is 4.32. The van der Waals surface area contributed by atoms with Crippen LogP contribution in [0.3, 0.4) is 0 Å². The van der Waals surface area contributed by atoms with Crippen LogP contribution in [0.2, 0.25) is 0 Å². The monoisotopic (exact) mass is 220 g/mol. The predicted octanol–water partition coefficient (Wildman–Crippen LogP) is 3.43. The largest absolute Gasteiger partial charge is 0.297 e. The molecule has 0 aliphatic heterocycles. The van der Waals surface area contributed by atoms with E-state index in [0.717, 1.165) is 10.7 Å². The normalized spacial score (nSPS) is 11.2. The molecule has 2 nitrogen and oxygen atoms in total. The number of hydrogen-bond acceptors (Lipinski definition) is 3. The van der Waals surface area contributed by atoms with E-state index in [4.69, 9.17) is 0 Å². The van der Waals surface area contributed by atoms with Crippen LogP contribution in [0.5, 0.6) is 0 Å². The number of hydrogen-bond donors (Lipinski definition) is 0. The predicted molar refractivity (Wildman–Crippen MR) is 61.1 cm³/mol. The molecule has 0 radical (unpaired) electrons. The van der Waals surface area contributed by atoms with Crippen molar-refractivity contribution in [3.63, 3.8) is 0 Å². The van der Waals surface area contributed by atoms with Gasteiger partial charge in [0.05, 0.1) is 4.88 Å². The summed E-state index contributed by atoms with van der Waals surface area (Å²) >= 11 is 3.45. The van der Waals surface area contributed by atoms with E-state index in [-0.39, 0.29) is 0 Å². The molecule has 3 aromatic rings. The molecular formula is C10H8N2S2. The van der Waals surface area contributed by atoms with E-state index in [1.165, 1.54) is 9.75 Å². The van der Waals surface area contributed by atoms with Crippen molar-refractivity contribution in [3.8, 4) is 10.6 Å². The van der Waals surface area contributed by atoms with Crippen LogP contribution in [0.4, 0.5) is 0 Å². The van der Waals surface area contributed by atoms with Crippen LogP contribution >= 0.6 is 22.7 Å². The van der Waals surface area contributed by atoms with Gasteiger partial charge < -0.3 is 0 Å². The second kappa shape index (κ2) is 2.93. The molecule has 0 saturated carbocycles. The first-order chi connectivity index (χ1) is 6.83. The molecule has 0 spiro atoms. The molecule has 3 heterocycles. The Morgan fingerprint density at radius 2 is 2.29 bits per heavy atom. The fraction of sp³-hybridized carbons (Fsp3) is 0.100. The van der Waals surface area contributed by atoms with E-state index in [1.807, 2.05) is 0 Å². The minimum absolute atomic E-state index is 1.07. The molecule has 0 aliphatic carbocycles. The molecule has 3 rings (SSSR count). The molecule has 0 amide bonds. The molecule has 4 heteroatoms. The highest BCUT2D eigenvalue weighted by molar-refractivity contribution is 7.17. The topological polar surface area (TPSA) is 17.3 Å². The van der Waals surface area contributed by atoms with Crippen molar-refractivity contribution in [1.82, 2.24) is 9.38 Å². The van der Waals surface area contributed by atoms with E-state index in [0.29, 0.717) is 0 Å². The zero-order valence-corrected chi connectivity index (χ0v) is 9.23. The van der Waals surface area contributed by atoms with Crippen LogP contribution in [0.15, 0.2) is 29.9 Å². The molecule has 0 bridgehead atoms. The van der Waals surface area contributed by atoms with Gasteiger partial charge >= 0.3 is 0 Å². The first kappa shape index (κ1) is 8.20. The Bertz CT molecular complexity index is 528. The average molecular weight is 220 g/mol. The van der Waals surface area contributed by atoms with E-state index in [1.54, 1.807) is 22.7 Å². The third kappa shape index (κ3) is 1.19. The minimum atomic E-state index is 1.07. The molecule has 0 aromatic carbocycles. The number of fused-ring (bicyclic) bond motifs is 1. The Balaban J connectivity index is 2.20. The Hall–Kier alpha value is -1.13. The zero-order chi connectivity index (χ0) is 9.54. The highest BCUT2D eigenvalue weighted by Gasteiger charge is 2.06. The van der Waals surface area contributed by atoms with Crippen LogP contribution in [0.25, 0.3) is 15.5 Å². The standard InChI is InChI=1S/C10H8N2S2/c1-7-5-12-6-8(11-10(12)14-7)9-3-2-4-13-9/h2-6H,1H3. The highest BCUT2D eigenvalue weighted by Crippen LogP contribution is 2.26. The quantitative estimate of drug-likeness (QED) is 0.614. The summed E-state index contributed by atoms with van der Waals surface area (Å²) < 4.78 is 2.09. The van der Waals surface area contributed by atoms with E-state index >= 15 is 0 Å². The molecule has 14 heavy (non-hydrogen) atoms. The third-order valence-corrected chi connectivity index (χ3v) is 3.85. The van der Waals surface area contributed by atoms with Crippen LogP contribution in [-0.2, 0) is 0 Å². The second-order valence-electron chi connectivity index (χ2n) is 3.14. The van der Waals surface area contributed by atoms with Crippen molar-refractivity contribution in [2.24, 2.45) is 0 Å². The molecule has 0 aliphatic rings. The number of nitrogens with zero attached hydrogens (tertiary/aromatic N) is 2. The van der Waals surface area contributed by atoms with Gasteiger partial charge in [-0.2, -0.15) is 0 Å². The first-order valence-corrected chi connectivity index (χ1v) is 6.01. The van der Waals surface area contributed by atoms with Crippen molar-refractivity contribution in [2.75, 3.05) is 0 Å². The van der Waals surface area contributed by atoms with Crippen LogP contribution in [0.1, 0.15) is 4.88 Å². The highest BCUT2D eigenvalue weighted by atomic mass is 32.1. The molecule has 3 aromatic heterocycles. The maximum Gasteiger partial charge on any atom is 0.194 e. The van der Waals surface area contributed by atoms with Crippen LogP contribution in [0, 0.1) is 6.92 Å². The van der Waals surface area contributed by atoms with Crippen molar-refractivity contribution >= 4 is 27.6 Å². The van der Waals surface area contributed by atoms with E-state index in [9.17, 15) is 0 Å². The summed E-state index contributed by atoms with van der Waals surface area (Å²) in [7, 11) is 0. The summed E-state index contributed by atoms with van der Waals surface area (Å²) in [6.45, 7) is 2.10. The lowest BCUT2D eigenvalue weighted by atomic mass is 10.4. The van der Waals surface area contributed by atoms with Crippen molar-refractivity contribution in [3.05, 3.63) is 34.8 Å². The van der Waals surface area contributed by atoms with Crippen LogP contribution in [-0.4, -0.2) is 9.38 Å². The van der Waals surface area contributed by atoms with Crippen molar-refractivity contribution < 1.29 is 0 Å². The lowest BCUT2D eigenvalue weighted by Crippen LogP contribution is -1.69. The van der Waals surface area contributed by atoms with Gasteiger partial charge in [0.1, 0.15) is 5.69 Å². The summed E-state index contributed by atoms with van der Waals surface area (Å²) in [5.74, 6) is 0. The Morgan fingerprint density at radius 3 is 3.00 bits per heavy atom. The zero-order valence-electron chi connectivity index (χ0n) is 7.60. The number of thiazole rings is 1. The number of thiophene rings is 1. The van der Waals surface area contributed by atoms with Gasteiger partial charge in [0, 0.05) is 17.3 Å². The number of aryl methyl sites for hydroxylation is 1. The van der Waals surface area contributed by atoms with Gasteiger partial charge in [-0.1, -0.05) is 6.07 Å². The van der Waals surface area contributed by atoms with Crippen LogP contribution < -0.4 is 0 Å². The summed E-state index contributed by atoms with van der Waals surface area (Å²) in [4.78, 5) is 8.17. The van der Waals surface area contributed by atoms with Crippen molar-refractivity contribution in [1.29, 1.82) is 0 Å². The molecule has 0 saturated heterocycles. The smallest absolute Gasteiger partial charge is 0.194 e. The lowest BCUT2D eigenvalue weighted by Gasteiger charge is -1.85. The number of aromatic nitrogens is 2. The number of rotatable bonds is 1. The van der Waals surface area contributed by atoms with Gasteiger partial charge in [-0.05, 0) is 18.4 Å².